The number of halogens is 1. The van der Waals surface area contributed by atoms with Crippen LogP contribution < -0.4 is 4.72 Å². The summed E-state index contributed by atoms with van der Waals surface area (Å²) in [4.78, 5) is 0. The fraction of sp³-hybridized carbons (Fsp3) is 0.647. The van der Waals surface area contributed by atoms with E-state index in [0.717, 1.165) is 4.47 Å². The molecule has 21 heavy (non-hydrogen) atoms. The van der Waals surface area contributed by atoms with Gasteiger partial charge in [-0.25, -0.2) is 0 Å². The highest BCUT2D eigenvalue weighted by atomic mass is 79.9. The molecule has 2 nitrogen and oxygen atoms in total. The molecule has 1 aromatic rings. The van der Waals surface area contributed by atoms with Crippen LogP contribution in [0.15, 0.2) is 28.7 Å². The summed E-state index contributed by atoms with van der Waals surface area (Å²) in [7, 11) is 0. The molecule has 0 aliphatic heterocycles. The van der Waals surface area contributed by atoms with E-state index in [-0.39, 0.29) is 10.8 Å². The number of hydrogen-bond acceptors (Lipinski definition) is 2. The van der Waals surface area contributed by atoms with Gasteiger partial charge in [0.1, 0.15) is 4.75 Å². The monoisotopic (exact) mass is 371 g/mol. The maximum atomic E-state index is 12.5. The van der Waals surface area contributed by atoms with E-state index < -0.39 is 11.4 Å². The van der Waals surface area contributed by atoms with Crippen molar-refractivity contribution in [2.24, 2.45) is 5.92 Å². The summed E-state index contributed by atoms with van der Waals surface area (Å²) in [5.74, 6) is 0.589. The number of benzene rings is 1. The molecule has 4 heteroatoms. The zero-order valence-corrected chi connectivity index (χ0v) is 15.6. The van der Waals surface area contributed by atoms with Crippen LogP contribution in [0.5, 0.6) is 0 Å². The summed E-state index contributed by atoms with van der Waals surface area (Å²) in [6.45, 7) is 6.07. The third-order valence-corrected chi connectivity index (χ3v) is 6.25. The molecular weight excluding hydrogens is 346 g/mol. The van der Waals surface area contributed by atoms with Gasteiger partial charge < -0.3 is 4.55 Å². The van der Waals surface area contributed by atoms with E-state index in [0.29, 0.717) is 5.92 Å². The van der Waals surface area contributed by atoms with Gasteiger partial charge in [0.25, 0.3) is 0 Å². The average Bonchev–Trinajstić information content (AvgIpc) is 2.45. The Morgan fingerprint density at radius 1 is 1.14 bits per heavy atom. The van der Waals surface area contributed by atoms with Crippen molar-refractivity contribution in [3.05, 3.63) is 34.3 Å². The van der Waals surface area contributed by atoms with E-state index in [1.807, 2.05) is 20.8 Å². The van der Waals surface area contributed by atoms with Crippen molar-refractivity contribution in [3.8, 4) is 0 Å². The van der Waals surface area contributed by atoms with Gasteiger partial charge >= 0.3 is 0 Å². The van der Waals surface area contributed by atoms with Crippen molar-refractivity contribution in [1.82, 2.24) is 4.72 Å². The highest BCUT2D eigenvalue weighted by molar-refractivity contribution is 9.10. The molecule has 0 aromatic heterocycles. The van der Waals surface area contributed by atoms with Crippen molar-refractivity contribution < 1.29 is 4.55 Å². The second-order valence-electron chi connectivity index (χ2n) is 6.93. The molecule has 1 aromatic carbocycles. The molecule has 2 rings (SSSR count). The maximum Gasteiger partial charge on any atom is 0.136 e. The normalized spacial score (nSPS) is 20.2. The largest absolute Gasteiger partial charge is 0.598 e. The Labute approximate surface area is 140 Å². The topological polar surface area (TPSA) is 35.1 Å². The number of nitrogens with one attached hydrogen (secondary N) is 1. The third kappa shape index (κ3) is 4.98. The van der Waals surface area contributed by atoms with Crippen LogP contribution in [0.25, 0.3) is 0 Å². The van der Waals surface area contributed by atoms with Crippen LogP contribution >= 0.6 is 15.9 Å². The van der Waals surface area contributed by atoms with E-state index in [1.54, 1.807) is 0 Å². The van der Waals surface area contributed by atoms with Gasteiger partial charge in [-0.1, -0.05) is 47.3 Å². The first-order valence-electron chi connectivity index (χ1n) is 7.81. The molecule has 1 N–H and O–H groups in total. The third-order valence-electron chi connectivity index (χ3n) is 4.14. The van der Waals surface area contributed by atoms with Crippen molar-refractivity contribution in [3.63, 3.8) is 0 Å². The van der Waals surface area contributed by atoms with Crippen molar-refractivity contribution in [1.29, 1.82) is 0 Å². The van der Waals surface area contributed by atoms with Gasteiger partial charge in [-0.3, -0.25) is 0 Å². The molecular formula is C17H26BrNOS. The second-order valence-corrected chi connectivity index (χ2v) is 9.84. The highest BCUT2D eigenvalue weighted by Crippen LogP contribution is 2.36. The molecule has 0 radical (unpaired) electrons. The minimum absolute atomic E-state index is 0.193. The molecule has 0 heterocycles. The van der Waals surface area contributed by atoms with E-state index in [9.17, 15) is 4.55 Å². The second kappa shape index (κ2) is 7.49. The van der Waals surface area contributed by atoms with Crippen molar-refractivity contribution >= 4 is 27.3 Å². The summed E-state index contributed by atoms with van der Waals surface area (Å²) >= 11 is 2.46. The molecule has 0 saturated heterocycles. The van der Waals surface area contributed by atoms with Gasteiger partial charge in [-0.05, 0) is 57.2 Å². The lowest BCUT2D eigenvalue weighted by molar-refractivity contribution is 0.292. The smallest absolute Gasteiger partial charge is 0.136 e. The summed E-state index contributed by atoms with van der Waals surface area (Å²) in [6.07, 6.45) is 6.39. The first kappa shape index (κ1) is 17.3. The predicted octanol–water partition coefficient (Wildman–Crippen LogP) is 5.12. The highest BCUT2D eigenvalue weighted by Gasteiger charge is 2.34. The fourth-order valence-electron chi connectivity index (χ4n) is 2.87. The van der Waals surface area contributed by atoms with Crippen LogP contribution in [0.3, 0.4) is 0 Å². The Morgan fingerprint density at radius 3 is 2.24 bits per heavy atom. The minimum atomic E-state index is -1.04. The quantitative estimate of drug-likeness (QED) is 0.745. The summed E-state index contributed by atoms with van der Waals surface area (Å²) in [6, 6.07) is 8.64. The number of rotatable bonds is 4. The van der Waals surface area contributed by atoms with Crippen molar-refractivity contribution in [2.75, 3.05) is 0 Å². The van der Waals surface area contributed by atoms with Crippen molar-refractivity contribution in [2.45, 2.75) is 63.7 Å². The molecule has 0 spiro atoms. The predicted molar refractivity (Wildman–Crippen MR) is 94.5 cm³/mol. The van der Waals surface area contributed by atoms with E-state index in [2.05, 4.69) is 44.9 Å². The first-order chi connectivity index (χ1) is 9.88. The van der Waals surface area contributed by atoms with Gasteiger partial charge in [0.05, 0.1) is 6.04 Å². The Bertz CT molecular complexity index is 437. The summed E-state index contributed by atoms with van der Waals surface area (Å²) in [5, 5.41) is 0. The van der Waals surface area contributed by atoms with Gasteiger partial charge in [0.15, 0.2) is 0 Å². The lowest BCUT2D eigenvalue weighted by Crippen LogP contribution is -2.43. The molecule has 0 bridgehead atoms. The molecule has 2 atom stereocenters. The zero-order chi connectivity index (χ0) is 15.5. The Hall–Kier alpha value is -0.0300. The lowest BCUT2D eigenvalue weighted by atomic mass is 9.81. The Morgan fingerprint density at radius 2 is 1.71 bits per heavy atom. The summed E-state index contributed by atoms with van der Waals surface area (Å²) in [5.41, 5.74) is 1.25. The van der Waals surface area contributed by atoms with Gasteiger partial charge in [0.2, 0.25) is 0 Å². The first-order valence-corrected chi connectivity index (χ1v) is 9.76. The fourth-order valence-corrected chi connectivity index (χ4v) is 4.04. The molecule has 1 fully saturated rings. The van der Waals surface area contributed by atoms with Crippen LogP contribution in [0.1, 0.15) is 64.5 Å². The SMILES string of the molecule is CC(C)(C)[S+]([O-])N[C@H](c1ccc(Br)cc1)C1CCCCC1. The average molecular weight is 372 g/mol. The van der Waals surface area contributed by atoms with Gasteiger partial charge in [0, 0.05) is 15.8 Å². The van der Waals surface area contributed by atoms with E-state index in [4.69, 9.17) is 0 Å². The van der Waals surface area contributed by atoms with E-state index in [1.165, 1.54) is 37.7 Å². The summed E-state index contributed by atoms with van der Waals surface area (Å²) < 4.78 is 16.8. The van der Waals surface area contributed by atoms with Crippen LogP contribution in [-0.2, 0) is 11.4 Å². The van der Waals surface area contributed by atoms with Crippen LogP contribution in [-0.4, -0.2) is 9.30 Å². The maximum absolute atomic E-state index is 12.5. The zero-order valence-electron chi connectivity index (χ0n) is 13.2. The minimum Gasteiger partial charge on any atom is -0.598 e. The standard InChI is InChI=1S/C17H26BrNOS/c1-17(2,3)21(20)19-16(13-7-5-4-6-8-13)14-9-11-15(18)12-10-14/h9-13,16,19H,4-8H2,1-3H3/t16-,21?/m0/s1. The Kier molecular flexibility index (Phi) is 6.18. The van der Waals surface area contributed by atoms with Crippen LogP contribution in [0.2, 0.25) is 0 Å². The molecule has 1 aliphatic carbocycles. The van der Waals surface area contributed by atoms with Gasteiger partial charge in [-0.2, -0.15) is 0 Å². The molecule has 118 valence electrons. The molecule has 1 unspecified atom stereocenters. The van der Waals surface area contributed by atoms with Crippen LogP contribution in [0.4, 0.5) is 0 Å². The van der Waals surface area contributed by atoms with Gasteiger partial charge in [-0.15, -0.1) is 4.72 Å². The molecule has 1 aliphatic rings. The van der Waals surface area contributed by atoms with E-state index >= 15 is 0 Å². The lowest BCUT2D eigenvalue weighted by Gasteiger charge is -2.34. The Balaban J connectivity index is 2.19. The molecule has 0 amide bonds. The molecule has 1 saturated carbocycles. The van der Waals surface area contributed by atoms with Crippen LogP contribution in [0, 0.1) is 5.92 Å². The number of hydrogen-bond donors (Lipinski definition) is 1.